The molecule has 2 saturated heterocycles. The van der Waals surface area contributed by atoms with E-state index in [-0.39, 0.29) is 6.61 Å². The normalized spacial score (nSPS) is 54.8. The van der Waals surface area contributed by atoms with Crippen LogP contribution in [-0.4, -0.2) is 47.2 Å². The van der Waals surface area contributed by atoms with Crippen molar-refractivity contribution < 1.29 is 25.8 Å². The van der Waals surface area contributed by atoms with Gasteiger partial charge in [0.15, 0.2) is 12.1 Å². The summed E-state index contributed by atoms with van der Waals surface area (Å²) in [5.41, 5.74) is 0. The average Bonchev–Trinajstić information content (AvgIpc) is 2.42. The number of aliphatic hydroxyl groups excluding tert-OH is 2. The van der Waals surface area contributed by atoms with Gasteiger partial charge in [0.1, 0.15) is 18.3 Å². The molecule has 5 nitrogen and oxygen atoms in total. The Balaban J connectivity index is 2.26. The van der Waals surface area contributed by atoms with Crippen molar-refractivity contribution in [2.24, 2.45) is 0 Å². The lowest BCUT2D eigenvalue weighted by molar-refractivity contribution is -0.223. The van der Waals surface area contributed by atoms with Gasteiger partial charge in [-0.15, -0.1) is 0 Å². The summed E-state index contributed by atoms with van der Waals surface area (Å²) in [7, 11) is 0. The van der Waals surface area contributed by atoms with E-state index in [0.717, 1.165) is 0 Å². The molecule has 0 radical (unpaired) electrons. The predicted molar refractivity (Wildman–Crippen MR) is 41.8 cm³/mol. The molecule has 0 aromatic rings. The molecule has 0 bridgehead atoms. The Bertz CT molecular complexity index is 246. The summed E-state index contributed by atoms with van der Waals surface area (Å²) in [5.74, 6) is -0.926. The first-order chi connectivity index (χ1) is 6.39. The van der Waals surface area contributed by atoms with E-state index in [1.54, 1.807) is 13.8 Å². The van der Waals surface area contributed by atoms with Gasteiger partial charge in [0.25, 0.3) is 0 Å². The first kappa shape index (κ1) is 8.14. The van der Waals surface area contributed by atoms with Gasteiger partial charge in [-0.2, -0.15) is 0 Å². The topological polar surface area (TPSA) is 68.2 Å². The summed E-state index contributed by atoms with van der Waals surface area (Å²) >= 11 is 0. The zero-order chi connectivity index (χ0) is 10.6. The molecule has 0 amide bonds. The number of aliphatic hydroxyl groups is 2. The van der Waals surface area contributed by atoms with E-state index in [2.05, 4.69) is 0 Å². The molecule has 1 unspecified atom stereocenters. The second-order valence-corrected chi connectivity index (χ2v) is 3.65. The van der Waals surface area contributed by atoms with Crippen molar-refractivity contribution in [1.29, 1.82) is 0 Å². The number of hydrogen-bond acceptors (Lipinski definition) is 5. The molecule has 0 aromatic carbocycles. The summed E-state index contributed by atoms with van der Waals surface area (Å²) in [6.07, 6.45) is -4.47. The second kappa shape index (κ2) is 2.90. The largest absolute Gasteiger partial charge is 0.394 e. The van der Waals surface area contributed by atoms with Crippen LogP contribution in [0, 0.1) is 0 Å². The van der Waals surface area contributed by atoms with Gasteiger partial charge in [-0.25, -0.2) is 0 Å². The maximum absolute atomic E-state index is 9.47. The Morgan fingerprint density at radius 2 is 2.15 bits per heavy atom. The van der Waals surface area contributed by atoms with E-state index in [4.69, 9.17) is 20.7 Å². The third kappa shape index (κ3) is 1.47. The van der Waals surface area contributed by atoms with Gasteiger partial charge < -0.3 is 24.4 Å². The number of ether oxygens (including phenoxy) is 3. The van der Waals surface area contributed by atoms with Crippen molar-refractivity contribution in [2.75, 3.05) is 6.61 Å². The van der Waals surface area contributed by atoms with Crippen LogP contribution in [0.1, 0.15) is 15.2 Å². The fourth-order valence-electron chi connectivity index (χ4n) is 1.62. The maximum atomic E-state index is 9.47. The van der Waals surface area contributed by atoms with Crippen LogP contribution >= 0.6 is 0 Å². The van der Waals surface area contributed by atoms with Crippen LogP contribution in [0.15, 0.2) is 0 Å². The Hall–Kier alpha value is -0.200. The molecule has 2 fully saturated rings. The van der Waals surface area contributed by atoms with E-state index in [9.17, 15) is 5.11 Å². The summed E-state index contributed by atoms with van der Waals surface area (Å²) in [6.45, 7) is 3.01. The highest BCUT2D eigenvalue weighted by Gasteiger charge is 2.54. The Kier molecular flexibility index (Phi) is 1.81. The smallest absolute Gasteiger partial charge is 0.184 e. The van der Waals surface area contributed by atoms with Gasteiger partial charge in [0.05, 0.1) is 7.98 Å². The molecular formula is C8H14O5. The van der Waals surface area contributed by atoms with E-state index in [1.165, 1.54) is 0 Å². The highest BCUT2D eigenvalue weighted by atomic mass is 16.8. The second-order valence-electron chi connectivity index (χ2n) is 3.65. The van der Waals surface area contributed by atoms with E-state index < -0.39 is 30.4 Å². The molecular weight excluding hydrogens is 176 g/mol. The van der Waals surface area contributed by atoms with E-state index in [1.807, 2.05) is 0 Å². The molecule has 13 heavy (non-hydrogen) atoms. The quantitative estimate of drug-likeness (QED) is 0.569. The molecule has 4 atom stereocenters. The van der Waals surface area contributed by atoms with Crippen molar-refractivity contribution >= 4 is 0 Å². The van der Waals surface area contributed by atoms with Crippen molar-refractivity contribution in [1.82, 2.24) is 0 Å². The lowest BCUT2D eigenvalue weighted by Crippen LogP contribution is -2.31. The fraction of sp³-hybridized carbons (Fsp3) is 1.00. The maximum Gasteiger partial charge on any atom is 0.184 e. The van der Waals surface area contributed by atoms with Crippen LogP contribution in [0.3, 0.4) is 0 Å². The zero-order valence-electron chi connectivity index (χ0n) is 8.56. The molecule has 2 rings (SSSR count). The monoisotopic (exact) mass is 191 g/mol. The van der Waals surface area contributed by atoms with Crippen molar-refractivity contribution in [3.63, 3.8) is 0 Å². The minimum atomic E-state index is -1.63. The molecule has 5 heteroatoms. The first-order valence-corrected chi connectivity index (χ1v) is 4.21. The van der Waals surface area contributed by atoms with Crippen LogP contribution in [0.5, 0.6) is 0 Å². The molecule has 2 aliphatic heterocycles. The van der Waals surface area contributed by atoms with E-state index in [0.29, 0.717) is 0 Å². The third-order valence-corrected chi connectivity index (χ3v) is 2.12. The van der Waals surface area contributed by atoms with Gasteiger partial charge >= 0.3 is 0 Å². The molecule has 0 aromatic heterocycles. The van der Waals surface area contributed by atoms with Gasteiger partial charge in [0.2, 0.25) is 0 Å². The van der Waals surface area contributed by atoms with Crippen LogP contribution in [0.2, 0.25) is 0 Å². The van der Waals surface area contributed by atoms with Gasteiger partial charge in [-0.1, -0.05) is 0 Å². The summed E-state index contributed by atoms with van der Waals surface area (Å²) in [6, 6.07) is 0. The SMILES string of the molecule is [2H][C@@]12OC(C)(C)O[C@@H]1[C@@H](CO)OC2O. The first-order valence-electron chi connectivity index (χ1n) is 4.71. The molecule has 76 valence electrons. The lowest BCUT2D eigenvalue weighted by Gasteiger charge is -2.21. The Morgan fingerprint density at radius 3 is 2.77 bits per heavy atom. The van der Waals surface area contributed by atoms with Gasteiger partial charge in [0, 0.05) is 0 Å². The standard InChI is InChI=1S/C8H14O5/c1-8(2)12-5-4(3-9)11-7(10)6(5)13-8/h4-7,9-10H,3H2,1-2H3/t4-,5-,6-,7?/m1/s1/i6D. The van der Waals surface area contributed by atoms with Crippen LogP contribution in [-0.2, 0) is 14.2 Å². The highest BCUT2D eigenvalue weighted by molar-refractivity contribution is 4.94. The van der Waals surface area contributed by atoms with Crippen molar-refractivity contribution in [2.45, 2.75) is 44.2 Å². The lowest BCUT2D eigenvalue weighted by atomic mass is 10.1. The van der Waals surface area contributed by atoms with Crippen LogP contribution in [0.25, 0.3) is 0 Å². The molecule has 0 saturated carbocycles. The number of rotatable bonds is 1. The van der Waals surface area contributed by atoms with Crippen LogP contribution in [0.4, 0.5) is 0 Å². The zero-order valence-corrected chi connectivity index (χ0v) is 7.56. The third-order valence-electron chi connectivity index (χ3n) is 2.12. The highest BCUT2D eigenvalue weighted by Crippen LogP contribution is 2.37. The number of fused-ring (bicyclic) bond motifs is 1. The molecule has 0 spiro atoms. The predicted octanol–water partition coefficient (Wildman–Crippen LogP) is -0.784. The minimum Gasteiger partial charge on any atom is -0.394 e. The minimum absolute atomic E-state index is 0.304. The summed E-state index contributed by atoms with van der Waals surface area (Å²) < 4.78 is 23.5. The van der Waals surface area contributed by atoms with Crippen LogP contribution < -0.4 is 0 Å². The van der Waals surface area contributed by atoms with Crippen molar-refractivity contribution in [3.05, 3.63) is 0 Å². The number of hydrogen-bond donors (Lipinski definition) is 2. The average molecular weight is 191 g/mol. The molecule has 2 heterocycles. The van der Waals surface area contributed by atoms with Gasteiger partial charge in [-0.05, 0) is 13.8 Å². The fourth-order valence-corrected chi connectivity index (χ4v) is 1.62. The van der Waals surface area contributed by atoms with Gasteiger partial charge in [-0.3, -0.25) is 0 Å². The summed E-state index contributed by atoms with van der Waals surface area (Å²) in [5, 5.41) is 18.4. The van der Waals surface area contributed by atoms with Crippen molar-refractivity contribution in [3.8, 4) is 0 Å². The summed E-state index contributed by atoms with van der Waals surface area (Å²) in [4.78, 5) is 0. The molecule has 2 N–H and O–H groups in total. The Labute approximate surface area is 77.6 Å². The molecule has 0 aliphatic carbocycles. The van der Waals surface area contributed by atoms with E-state index >= 15 is 0 Å². The molecule has 2 aliphatic rings. The Morgan fingerprint density at radius 1 is 1.46 bits per heavy atom.